The van der Waals surface area contributed by atoms with Crippen LogP contribution < -0.4 is 10.6 Å². The monoisotopic (exact) mass is 592 g/mol. The summed E-state index contributed by atoms with van der Waals surface area (Å²) in [5, 5.41) is 14.9. The van der Waals surface area contributed by atoms with Crippen molar-refractivity contribution in [2.24, 2.45) is 5.92 Å². The lowest BCUT2D eigenvalue weighted by Crippen LogP contribution is -2.48. The van der Waals surface area contributed by atoms with Crippen molar-refractivity contribution in [2.75, 3.05) is 13.6 Å². The minimum atomic E-state index is -0.609. The van der Waals surface area contributed by atoms with E-state index < -0.39 is 11.7 Å². The lowest BCUT2D eigenvalue weighted by Gasteiger charge is -2.40. The molecule has 2 N–H and O–H groups in total. The first-order chi connectivity index (χ1) is 20.0. The molecule has 1 aliphatic carbocycles. The summed E-state index contributed by atoms with van der Waals surface area (Å²) in [6.07, 6.45) is 2.80. The predicted octanol–water partition coefficient (Wildman–Crippen LogP) is 5.24. The normalized spacial score (nSPS) is 19.5. The zero-order chi connectivity index (χ0) is 30.0. The summed E-state index contributed by atoms with van der Waals surface area (Å²) in [5.74, 6) is 0.725. The minimum absolute atomic E-state index is 0.0702. The van der Waals surface area contributed by atoms with E-state index >= 15 is 0 Å². The molecule has 1 atom stereocenters. The van der Waals surface area contributed by atoms with Gasteiger partial charge in [0.25, 0.3) is 11.8 Å². The second kappa shape index (κ2) is 12.1. The van der Waals surface area contributed by atoms with Gasteiger partial charge < -0.3 is 24.8 Å². The Hall–Kier alpha value is -3.92. The van der Waals surface area contributed by atoms with Gasteiger partial charge in [0.05, 0.1) is 6.04 Å². The SMILES string of the molecule is CNC(=O)c1cccc(-c2nnc3n2CCN(C2CCC(C(NC(=O)OC(C)(C)C)c4cccc(Cl)c4)CC2)C3=O)c1. The summed E-state index contributed by atoms with van der Waals surface area (Å²) >= 11 is 6.30. The van der Waals surface area contributed by atoms with Crippen molar-refractivity contribution in [2.45, 2.75) is 70.7 Å². The number of nitrogens with one attached hydrogen (secondary N) is 2. The highest BCUT2D eigenvalue weighted by Crippen LogP contribution is 2.38. The van der Waals surface area contributed by atoms with Crippen LogP contribution in [0.5, 0.6) is 0 Å². The van der Waals surface area contributed by atoms with Gasteiger partial charge in [-0.1, -0.05) is 35.9 Å². The van der Waals surface area contributed by atoms with E-state index in [2.05, 4.69) is 20.8 Å². The summed E-state index contributed by atoms with van der Waals surface area (Å²) in [7, 11) is 1.59. The van der Waals surface area contributed by atoms with Crippen molar-refractivity contribution in [1.82, 2.24) is 30.3 Å². The summed E-state index contributed by atoms with van der Waals surface area (Å²) < 4.78 is 7.40. The first kappa shape index (κ1) is 29.6. The zero-order valence-electron chi connectivity index (χ0n) is 24.4. The molecule has 222 valence electrons. The van der Waals surface area contributed by atoms with E-state index in [-0.39, 0.29) is 29.8 Å². The second-order valence-electron chi connectivity index (χ2n) is 11.9. The summed E-state index contributed by atoms with van der Waals surface area (Å²) in [6.45, 7) is 6.64. The Morgan fingerprint density at radius 1 is 1.00 bits per heavy atom. The van der Waals surface area contributed by atoms with Crippen LogP contribution in [0.1, 0.15) is 79.0 Å². The third kappa shape index (κ3) is 6.43. The van der Waals surface area contributed by atoms with Crippen molar-refractivity contribution in [1.29, 1.82) is 0 Å². The Morgan fingerprint density at radius 3 is 2.40 bits per heavy atom. The molecular weight excluding hydrogens is 556 g/mol. The van der Waals surface area contributed by atoms with E-state index in [1.54, 1.807) is 25.2 Å². The Morgan fingerprint density at radius 2 is 1.71 bits per heavy atom. The third-order valence-corrected chi connectivity index (χ3v) is 8.15. The van der Waals surface area contributed by atoms with Gasteiger partial charge in [-0.3, -0.25) is 9.59 Å². The van der Waals surface area contributed by atoms with Crippen LogP contribution in [-0.4, -0.2) is 62.8 Å². The maximum Gasteiger partial charge on any atom is 0.408 e. The predicted molar refractivity (Wildman–Crippen MR) is 159 cm³/mol. The highest BCUT2D eigenvalue weighted by molar-refractivity contribution is 6.30. The number of rotatable bonds is 6. The van der Waals surface area contributed by atoms with Crippen molar-refractivity contribution in [3.63, 3.8) is 0 Å². The van der Waals surface area contributed by atoms with Crippen LogP contribution in [0.4, 0.5) is 4.79 Å². The standard InChI is InChI=1S/C31H37ClN6O4/c1-31(2,3)42-30(41)34-25(20-7-6-10-23(32)18-20)19-11-13-24(14-12-19)37-15-16-38-26(35-36-27(38)29(37)40)21-8-5-9-22(17-21)28(39)33-4/h5-10,17-19,24-25H,11-16H2,1-4H3,(H,33,39)(H,34,41). The quantitative estimate of drug-likeness (QED) is 0.404. The van der Waals surface area contributed by atoms with Crippen LogP contribution in [0.2, 0.25) is 5.02 Å². The molecule has 3 aromatic rings. The molecule has 2 aromatic carbocycles. The molecule has 42 heavy (non-hydrogen) atoms. The Bertz CT molecular complexity index is 1470. The molecule has 0 saturated heterocycles. The maximum absolute atomic E-state index is 13.6. The first-order valence-electron chi connectivity index (χ1n) is 14.4. The number of alkyl carbamates (subject to hydrolysis) is 1. The Kier molecular flexibility index (Phi) is 8.54. The molecule has 1 unspecified atom stereocenters. The van der Waals surface area contributed by atoms with E-state index in [0.717, 1.165) is 36.8 Å². The number of hydrogen-bond donors (Lipinski definition) is 2. The molecule has 1 aromatic heterocycles. The van der Waals surface area contributed by atoms with Crippen LogP contribution >= 0.6 is 11.6 Å². The fraction of sp³-hybridized carbons (Fsp3) is 0.452. The highest BCUT2D eigenvalue weighted by atomic mass is 35.5. The number of amides is 3. The molecule has 2 aliphatic rings. The topological polar surface area (TPSA) is 118 Å². The number of halogens is 1. The van der Waals surface area contributed by atoms with Gasteiger partial charge in [-0.05, 0) is 82.2 Å². The molecule has 1 fully saturated rings. The zero-order valence-corrected chi connectivity index (χ0v) is 25.1. The van der Waals surface area contributed by atoms with Crippen LogP contribution in [0, 0.1) is 5.92 Å². The van der Waals surface area contributed by atoms with Gasteiger partial charge in [-0.2, -0.15) is 0 Å². The molecule has 11 heteroatoms. The number of carbonyl (C=O) groups is 3. The smallest absolute Gasteiger partial charge is 0.408 e. The Labute approximate surface area is 250 Å². The largest absolute Gasteiger partial charge is 0.444 e. The van der Waals surface area contributed by atoms with Crippen molar-refractivity contribution >= 4 is 29.5 Å². The fourth-order valence-electron chi connectivity index (χ4n) is 5.97. The second-order valence-corrected chi connectivity index (χ2v) is 12.3. The van der Waals surface area contributed by atoms with E-state index in [1.807, 2.05) is 60.6 Å². The van der Waals surface area contributed by atoms with Gasteiger partial charge in [-0.25, -0.2) is 4.79 Å². The molecule has 0 spiro atoms. The van der Waals surface area contributed by atoms with Crippen molar-refractivity contribution in [3.05, 3.63) is 70.5 Å². The number of hydrogen-bond acceptors (Lipinski definition) is 6. The minimum Gasteiger partial charge on any atom is -0.444 e. The van der Waals surface area contributed by atoms with Gasteiger partial charge in [-0.15, -0.1) is 10.2 Å². The summed E-state index contributed by atoms with van der Waals surface area (Å²) in [4.78, 5) is 40.4. The lowest BCUT2D eigenvalue weighted by atomic mass is 9.78. The molecule has 1 saturated carbocycles. The third-order valence-electron chi connectivity index (χ3n) is 7.91. The first-order valence-corrected chi connectivity index (χ1v) is 14.7. The van der Waals surface area contributed by atoms with Crippen LogP contribution in [0.15, 0.2) is 48.5 Å². The van der Waals surface area contributed by atoms with E-state index in [1.165, 1.54) is 0 Å². The average molecular weight is 593 g/mol. The van der Waals surface area contributed by atoms with E-state index in [4.69, 9.17) is 16.3 Å². The van der Waals surface area contributed by atoms with Crippen LogP contribution in [0.3, 0.4) is 0 Å². The van der Waals surface area contributed by atoms with E-state index in [9.17, 15) is 14.4 Å². The van der Waals surface area contributed by atoms with Crippen LogP contribution in [-0.2, 0) is 11.3 Å². The van der Waals surface area contributed by atoms with Crippen molar-refractivity contribution < 1.29 is 19.1 Å². The van der Waals surface area contributed by atoms with Crippen LogP contribution in [0.25, 0.3) is 11.4 Å². The van der Waals surface area contributed by atoms with Gasteiger partial charge in [0.2, 0.25) is 5.82 Å². The average Bonchev–Trinajstić information content (AvgIpc) is 3.40. The lowest BCUT2D eigenvalue weighted by molar-refractivity contribution is 0.0442. The number of benzene rings is 2. The van der Waals surface area contributed by atoms with Crippen molar-refractivity contribution in [3.8, 4) is 11.4 Å². The summed E-state index contributed by atoms with van der Waals surface area (Å²) in [6, 6.07) is 14.5. The Balaban J connectivity index is 1.28. The van der Waals surface area contributed by atoms with Gasteiger partial charge >= 0.3 is 6.09 Å². The summed E-state index contributed by atoms with van der Waals surface area (Å²) in [5.41, 5.74) is 1.58. The molecule has 0 radical (unpaired) electrons. The molecule has 1 aliphatic heterocycles. The van der Waals surface area contributed by atoms with Gasteiger partial charge in [0.15, 0.2) is 5.82 Å². The molecule has 3 amide bonds. The number of carbonyl (C=O) groups excluding carboxylic acids is 3. The number of fused-ring (bicyclic) bond motifs is 1. The molecular formula is C31H37ClN6O4. The number of nitrogens with zero attached hydrogens (tertiary/aromatic N) is 4. The molecule has 10 nitrogen and oxygen atoms in total. The number of ether oxygens (including phenoxy) is 1. The number of aromatic nitrogens is 3. The molecule has 2 heterocycles. The fourth-order valence-corrected chi connectivity index (χ4v) is 6.17. The molecule has 5 rings (SSSR count). The molecule has 0 bridgehead atoms. The van der Waals surface area contributed by atoms with Gasteiger partial charge in [0.1, 0.15) is 5.60 Å². The van der Waals surface area contributed by atoms with Gasteiger partial charge in [0, 0.05) is 42.3 Å². The highest BCUT2D eigenvalue weighted by Gasteiger charge is 2.38. The van der Waals surface area contributed by atoms with E-state index in [0.29, 0.717) is 35.3 Å². The maximum atomic E-state index is 13.6.